The van der Waals surface area contributed by atoms with Crippen LogP contribution in [-0.4, -0.2) is 53.0 Å². The second-order valence-electron chi connectivity index (χ2n) is 7.84. The number of nitrogens with one attached hydrogen (secondary N) is 2. The summed E-state index contributed by atoms with van der Waals surface area (Å²) in [7, 11) is 0. The van der Waals surface area contributed by atoms with E-state index in [2.05, 4.69) is 10.2 Å². The summed E-state index contributed by atoms with van der Waals surface area (Å²) in [6.45, 7) is 5.40. The number of benzene rings is 2. The molecule has 2 amide bonds. The molecule has 0 unspecified atom stereocenters. The van der Waals surface area contributed by atoms with Crippen LogP contribution >= 0.6 is 11.6 Å². The number of halogens is 2. The Morgan fingerprint density at radius 2 is 1.91 bits per heavy atom. The maximum atomic E-state index is 13.2. The minimum absolute atomic E-state index is 0.202. The average molecular weight is 457 g/mol. The third-order valence-corrected chi connectivity index (χ3v) is 5.53. The minimum atomic E-state index is -0.346. The SMILES string of the molecule is CC(=N)[C@@H]1CN(Cc2ccc(F)cc2)CCN1C(=O)/C=C/c1ccc(Cl)cc1NC(C)=O. The molecule has 6 nitrogen and oxygen atoms in total. The largest absolute Gasteiger partial charge is 0.328 e. The van der Waals surface area contributed by atoms with Crippen LogP contribution < -0.4 is 5.32 Å². The van der Waals surface area contributed by atoms with E-state index in [9.17, 15) is 14.0 Å². The van der Waals surface area contributed by atoms with Gasteiger partial charge >= 0.3 is 0 Å². The van der Waals surface area contributed by atoms with E-state index in [1.807, 2.05) is 0 Å². The zero-order valence-electron chi connectivity index (χ0n) is 18.1. The van der Waals surface area contributed by atoms with Gasteiger partial charge in [0.25, 0.3) is 0 Å². The minimum Gasteiger partial charge on any atom is -0.328 e. The van der Waals surface area contributed by atoms with Gasteiger partial charge in [-0.15, -0.1) is 0 Å². The first kappa shape index (κ1) is 23.6. The molecule has 1 aliphatic heterocycles. The number of rotatable bonds is 6. The molecule has 32 heavy (non-hydrogen) atoms. The van der Waals surface area contributed by atoms with Gasteiger partial charge in [-0.3, -0.25) is 14.5 Å². The van der Waals surface area contributed by atoms with Gasteiger partial charge in [0, 0.05) is 55.6 Å². The van der Waals surface area contributed by atoms with Crippen LogP contribution in [0.5, 0.6) is 0 Å². The van der Waals surface area contributed by atoms with Crippen LogP contribution in [-0.2, 0) is 16.1 Å². The van der Waals surface area contributed by atoms with Crippen molar-refractivity contribution in [3.63, 3.8) is 0 Å². The number of nitrogens with zero attached hydrogens (tertiary/aromatic N) is 2. The molecular weight excluding hydrogens is 431 g/mol. The van der Waals surface area contributed by atoms with E-state index in [4.69, 9.17) is 17.0 Å². The first-order valence-electron chi connectivity index (χ1n) is 10.3. The molecule has 1 heterocycles. The molecule has 0 spiro atoms. The number of carbonyl (C=O) groups excluding carboxylic acids is 2. The fourth-order valence-corrected chi connectivity index (χ4v) is 3.87. The van der Waals surface area contributed by atoms with Crippen LogP contribution in [0.4, 0.5) is 10.1 Å². The van der Waals surface area contributed by atoms with Gasteiger partial charge in [0.15, 0.2) is 0 Å². The van der Waals surface area contributed by atoms with Crippen molar-refractivity contribution in [3.05, 3.63) is 70.5 Å². The Labute approximate surface area is 192 Å². The van der Waals surface area contributed by atoms with Crippen LogP contribution in [0.25, 0.3) is 6.08 Å². The number of amides is 2. The molecular formula is C24H26ClFN4O2. The summed E-state index contributed by atoms with van der Waals surface area (Å²) in [5, 5.41) is 11.4. The molecule has 0 saturated carbocycles. The van der Waals surface area contributed by atoms with Crippen molar-refractivity contribution in [2.75, 3.05) is 25.0 Å². The van der Waals surface area contributed by atoms with E-state index in [0.717, 1.165) is 5.56 Å². The predicted molar refractivity (Wildman–Crippen MR) is 125 cm³/mol. The molecule has 1 fully saturated rings. The topological polar surface area (TPSA) is 76.5 Å². The summed E-state index contributed by atoms with van der Waals surface area (Å²) in [4.78, 5) is 28.3. The van der Waals surface area contributed by atoms with E-state index in [1.165, 1.54) is 25.1 Å². The fraction of sp³-hybridized carbons (Fsp3) is 0.292. The lowest BCUT2D eigenvalue weighted by Crippen LogP contribution is -2.57. The van der Waals surface area contributed by atoms with Gasteiger partial charge in [0.05, 0.1) is 6.04 Å². The second kappa shape index (κ2) is 10.5. The number of hydrogen-bond acceptors (Lipinski definition) is 4. The first-order valence-corrected chi connectivity index (χ1v) is 10.7. The molecule has 168 valence electrons. The van der Waals surface area contributed by atoms with Crippen molar-refractivity contribution in [2.24, 2.45) is 0 Å². The Hall–Kier alpha value is -3.03. The summed E-state index contributed by atoms with van der Waals surface area (Å²) < 4.78 is 13.2. The van der Waals surface area contributed by atoms with Crippen molar-refractivity contribution in [1.82, 2.24) is 9.80 Å². The molecule has 0 aromatic heterocycles. The Kier molecular flexibility index (Phi) is 7.77. The van der Waals surface area contributed by atoms with Crippen LogP contribution in [0.15, 0.2) is 48.5 Å². The van der Waals surface area contributed by atoms with Gasteiger partial charge in [0.2, 0.25) is 11.8 Å². The highest BCUT2D eigenvalue weighted by Gasteiger charge is 2.30. The molecule has 1 aliphatic rings. The van der Waals surface area contributed by atoms with Crippen molar-refractivity contribution in [1.29, 1.82) is 5.41 Å². The Bertz CT molecular complexity index is 1040. The highest BCUT2D eigenvalue weighted by molar-refractivity contribution is 6.31. The summed E-state index contributed by atoms with van der Waals surface area (Å²) >= 11 is 6.02. The van der Waals surface area contributed by atoms with Gasteiger partial charge < -0.3 is 15.6 Å². The molecule has 2 aromatic carbocycles. The Balaban J connectivity index is 1.70. The average Bonchev–Trinajstić information content (AvgIpc) is 2.74. The van der Waals surface area contributed by atoms with Gasteiger partial charge in [-0.1, -0.05) is 29.8 Å². The molecule has 2 N–H and O–H groups in total. The Morgan fingerprint density at radius 1 is 1.19 bits per heavy atom. The third kappa shape index (κ3) is 6.24. The van der Waals surface area contributed by atoms with E-state index in [-0.39, 0.29) is 23.7 Å². The number of carbonyl (C=O) groups is 2. The van der Waals surface area contributed by atoms with Gasteiger partial charge in [-0.2, -0.15) is 0 Å². The molecule has 3 rings (SSSR count). The number of hydrogen-bond donors (Lipinski definition) is 2. The maximum absolute atomic E-state index is 13.2. The van der Waals surface area contributed by atoms with Gasteiger partial charge in [-0.05, 0) is 48.4 Å². The molecule has 1 saturated heterocycles. The number of anilines is 1. The van der Waals surface area contributed by atoms with E-state index >= 15 is 0 Å². The summed E-state index contributed by atoms with van der Waals surface area (Å²) in [6, 6.07) is 11.1. The molecule has 0 bridgehead atoms. The molecule has 0 radical (unpaired) electrons. The predicted octanol–water partition coefficient (Wildman–Crippen LogP) is 4.20. The van der Waals surface area contributed by atoms with Crippen LogP contribution in [0, 0.1) is 11.2 Å². The highest BCUT2D eigenvalue weighted by Crippen LogP contribution is 2.23. The summed E-state index contributed by atoms with van der Waals surface area (Å²) in [5.41, 5.74) is 2.58. The second-order valence-corrected chi connectivity index (χ2v) is 8.27. The van der Waals surface area contributed by atoms with Crippen molar-refractivity contribution >= 4 is 40.9 Å². The van der Waals surface area contributed by atoms with Crippen molar-refractivity contribution < 1.29 is 14.0 Å². The van der Waals surface area contributed by atoms with E-state index in [0.29, 0.717) is 48.2 Å². The molecule has 8 heteroatoms. The quantitative estimate of drug-likeness (QED) is 0.505. The lowest BCUT2D eigenvalue weighted by Gasteiger charge is -2.41. The zero-order valence-corrected chi connectivity index (χ0v) is 18.8. The zero-order chi connectivity index (χ0) is 23.3. The van der Waals surface area contributed by atoms with Crippen LogP contribution in [0.1, 0.15) is 25.0 Å². The normalized spacial score (nSPS) is 16.9. The molecule has 1 atom stereocenters. The lowest BCUT2D eigenvalue weighted by molar-refractivity contribution is -0.129. The molecule has 2 aromatic rings. The van der Waals surface area contributed by atoms with E-state index in [1.54, 1.807) is 48.2 Å². The summed E-state index contributed by atoms with van der Waals surface area (Å²) in [6.07, 6.45) is 3.10. The standard InChI is InChI=1S/C24H26ClFN4O2/c1-16(27)23-15-29(14-18-3-8-21(26)9-4-18)11-12-30(23)24(32)10-6-19-5-7-20(25)13-22(19)28-17(2)31/h3-10,13,23,27H,11-12,14-15H2,1-2H3,(H,28,31)/b10-6+,27-16?/t23-/m0/s1. The van der Waals surface area contributed by atoms with Crippen LogP contribution in [0.2, 0.25) is 5.02 Å². The monoisotopic (exact) mass is 456 g/mol. The maximum Gasteiger partial charge on any atom is 0.247 e. The van der Waals surface area contributed by atoms with Crippen molar-refractivity contribution in [3.8, 4) is 0 Å². The van der Waals surface area contributed by atoms with Crippen molar-refractivity contribution in [2.45, 2.75) is 26.4 Å². The van der Waals surface area contributed by atoms with Crippen LogP contribution in [0.3, 0.4) is 0 Å². The third-order valence-electron chi connectivity index (χ3n) is 5.30. The smallest absolute Gasteiger partial charge is 0.247 e. The highest BCUT2D eigenvalue weighted by atomic mass is 35.5. The van der Waals surface area contributed by atoms with Gasteiger partial charge in [0.1, 0.15) is 5.82 Å². The molecule has 0 aliphatic carbocycles. The number of piperazine rings is 1. The summed E-state index contributed by atoms with van der Waals surface area (Å²) in [5.74, 6) is -0.705. The van der Waals surface area contributed by atoms with Gasteiger partial charge in [-0.25, -0.2) is 4.39 Å². The first-order chi connectivity index (χ1) is 15.2. The Morgan fingerprint density at radius 3 is 2.56 bits per heavy atom. The fourth-order valence-electron chi connectivity index (χ4n) is 3.69. The lowest BCUT2D eigenvalue weighted by atomic mass is 10.1. The van der Waals surface area contributed by atoms with E-state index < -0.39 is 0 Å².